The third-order valence-corrected chi connectivity index (χ3v) is 11.0. The van der Waals surface area contributed by atoms with Crippen molar-refractivity contribution in [3.8, 4) is 0 Å². The molecule has 3 aliphatic rings. The van der Waals surface area contributed by atoms with Crippen molar-refractivity contribution in [2.45, 2.75) is 88.6 Å². The molecule has 2 aromatic carbocycles. The van der Waals surface area contributed by atoms with E-state index < -0.39 is 33.7 Å². The first-order valence-corrected chi connectivity index (χ1v) is 16.6. The lowest BCUT2D eigenvalue weighted by Gasteiger charge is -2.40. The fraction of sp³-hybridized carbons (Fsp3) is 0.581. The Bertz CT molecular complexity index is 1350. The summed E-state index contributed by atoms with van der Waals surface area (Å²) in [5, 5.41) is 6.75. The fourth-order valence-electron chi connectivity index (χ4n) is 7.18. The Balaban J connectivity index is 1.42. The van der Waals surface area contributed by atoms with E-state index in [1.54, 1.807) is 28.6 Å². The molecule has 4 N–H and O–H groups in total. The van der Waals surface area contributed by atoms with Crippen molar-refractivity contribution in [2.24, 2.45) is 11.7 Å². The summed E-state index contributed by atoms with van der Waals surface area (Å²) < 4.78 is 62.7. The van der Waals surface area contributed by atoms with E-state index >= 15 is 4.39 Å². The maximum absolute atomic E-state index is 15.4. The van der Waals surface area contributed by atoms with E-state index in [9.17, 15) is 17.6 Å². The second-order valence-corrected chi connectivity index (χ2v) is 14.2. The smallest absolute Gasteiger partial charge is 0.240 e. The molecule has 0 radical (unpaired) electrons. The Labute approximate surface area is 247 Å². The van der Waals surface area contributed by atoms with Crippen LogP contribution < -0.4 is 16.4 Å². The first kappa shape index (κ1) is 30.8. The molecule has 0 spiro atoms. The zero-order chi connectivity index (χ0) is 30.0. The molecule has 3 aliphatic heterocycles. The summed E-state index contributed by atoms with van der Waals surface area (Å²) in [6.07, 6.45) is 3.46. The van der Waals surface area contributed by atoms with E-state index in [1.807, 2.05) is 13.8 Å². The van der Waals surface area contributed by atoms with Crippen molar-refractivity contribution >= 4 is 21.6 Å². The molecule has 8 atom stereocenters. The highest BCUT2D eigenvalue weighted by molar-refractivity contribution is 7.89. The molecule has 230 valence electrons. The molecule has 2 aromatic rings. The molecule has 11 heteroatoms. The van der Waals surface area contributed by atoms with Gasteiger partial charge in [-0.3, -0.25) is 4.79 Å². The van der Waals surface area contributed by atoms with E-state index in [1.165, 1.54) is 18.2 Å². The van der Waals surface area contributed by atoms with E-state index in [0.29, 0.717) is 50.0 Å². The summed E-state index contributed by atoms with van der Waals surface area (Å²) in [5.41, 5.74) is 7.62. The van der Waals surface area contributed by atoms with E-state index in [0.717, 1.165) is 12.0 Å². The monoisotopic (exact) mass is 604 g/mol. The zero-order valence-corrected chi connectivity index (χ0v) is 25.1. The number of primary amides is 1. The lowest BCUT2D eigenvalue weighted by Crippen LogP contribution is -2.57. The van der Waals surface area contributed by atoms with Crippen LogP contribution in [-0.4, -0.2) is 67.8 Å². The van der Waals surface area contributed by atoms with Crippen LogP contribution in [0.1, 0.15) is 63.0 Å². The number of nitrogens with two attached hydrogens (primary N) is 1. The number of carbonyl (C=O) groups is 1. The average Bonchev–Trinajstić information content (AvgIpc) is 3.04. The molecular weight excluding hydrogens is 562 g/mol. The topological polar surface area (TPSA) is 114 Å². The molecule has 0 saturated carbocycles. The molecule has 3 saturated heterocycles. The van der Waals surface area contributed by atoms with Gasteiger partial charge in [0.25, 0.3) is 0 Å². The van der Waals surface area contributed by atoms with Gasteiger partial charge in [0.2, 0.25) is 15.9 Å². The van der Waals surface area contributed by atoms with Gasteiger partial charge < -0.3 is 21.1 Å². The fourth-order valence-corrected chi connectivity index (χ4v) is 8.99. The standard InChI is InChI=1S/C31H42F2N4O4S/c1-19-15-22(16-20(2)41-19)29(21-8-10-23(32)11-9-21)30(31(34)38)36-28-7-3-6-27(33)26(28)13-12-25-17-35-24-5-4-14-42(39,40)37(25)18-24/h3,6-11,19-20,22,24-25,29-30,35-36H,4-5,12-18H2,1-2H3,(H2,34,38)/t19-,20+,22+,24-,25+,29?,30+/m1/s1. The number of piperazine rings is 1. The lowest BCUT2D eigenvalue weighted by atomic mass is 9.74. The summed E-state index contributed by atoms with van der Waals surface area (Å²) in [7, 11) is -3.38. The Morgan fingerprint density at radius 2 is 1.86 bits per heavy atom. The number of nitrogens with zero attached hydrogens (tertiary/aromatic N) is 1. The number of fused-ring (bicyclic) bond motifs is 2. The van der Waals surface area contributed by atoms with Crippen molar-refractivity contribution < 1.29 is 26.7 Å². The number of hydrogen-bond donors (Lipinski definition) is 3. The summed E-state index contributed by atoms with van der Waals surface area (Å²) in [4.78, 5) is 13.1. The molecule has 2 bridgehead atoms. The van der Waals surface area contributed by atoms with Crippen LogP contribution in [0.25, 0.3) is 0 Å². The van der Waals surface area contributed by atoms with E-state index in [2.05, 4.69) is 10.6 Å². The Morgan fingerprint density at radius 3 is 2.55 bits per heavy atom. The van der Waals surface area contributed by atoms with Crippen molar-refractivity contribution in [1.29, 1.82) is 0 Å². The van der Waals surface area contributed by atoms with Gasteiger partial charge in [-0.1, -0.05) is 18.2 Å². The minimum Gasteiger partial charge on any atom is -0.376 e. The Morgan fingerprint density at radius 1 is 1.14 bits per heavy atom. The minimum absolute atomic E-state index is 0.00530. The summed E-state index contributed by atoms with van der Waals surface area (Å²) >= 11 is 0. The van der Waals surface area contributed by atoms with Gasteiger partial charge in [0.15, 0.2) is 0 Å². The van der Waals surface area contributed by atoms with Crippen molar-refractivity contribution in [3.05, 3.63) is 65.2 Å². The summed E-state index contributed by atoms with van der Waals surface area (Å²) in [6.45, 7) is 4.93. The van der Waals surface area contributed by atoms with Gasteiger partial charge in [0.1, 0.15) is 17.7 Å². The number of nitrogens with one attached hydrogen (secondary N) is 2. The molecule has 0 aromatic heterocycles. The van der Waals surface area contributed by atoms with Crippen molar-refractivity contribution in [1.82, 2.24) is 9.62 Å². The van der Waals surface area contributed by atoms with Crippen LogP contribution in [-0.2, 0) is 26.0 Å². The SMILES string of the molecule is C[C@@H]1C[C@H](C(c2ccc(F)cc2)[C@H](Nc2cccc(F)c2CC[C@H]2CN[C@@H]3CCCS(=O)(=O)N2C3)C(N)=O)C[C@H](C)O1. The molecule has 5 rings (SSSR count). The van der Waals surface area contributed by atoms with Gasteiger partial charge in [0, 0.05) is 42.3 Å². The van der Waals surface area contributed by atoms with Crippen LogP contribution >= 0.6 is 0 Å². The third kappa shape index (κ3) is 6.96. The maximum Gasteiger partial charge on any atom is 0.240 e. The molecule has 3 fully saturated rings. The third-order valence-electron chi connectivity index (χ3n) is 9.08. The van der Waals surface area contributed by atoms with Gasteiger partial charge in [-0.05, 0) is 88.1 Å². The first-order valence-electron chi connectivity index (χ1n) is 15.0. The molecule has 2 unspecified atom stereocenters. The molecular formula is C31H42F2N4O4S. The summed E-state index contributed by atoms with van der Waals surface area (Å²) in [5.74, 6) is -1.68. The number of carbonyl (C=O) groups excluding carboxylic acids is 1. The predicted octanol–water partition coefficient (Wildman–Crippen LogP) is 3.92. The molecule has 1 amide bonds. The van der Waals surface area contributed by atoms with Crippen LogP contribution in [0.15, 0.2) is 42.5 Å². The number of anilines is 1. The van der Waals surface area contributed by atoms with Crippen LogP contribution in [0.5, 0.6) is 0 Å². The number of ether oxygens (including phenoxy) is 1. The van der Waals surface area contributed by atoms with Crippen LogP contribution in [0.2, 0.25) is 0 Å². The van der Waals surface area contributed by atoms with Crippen molar-refractivity contribution in [3.63, 3.8) is 0 Å². The minimum atomic E-state index is -3.38. The van der Waals surface area contributed by atoms with Gasteiger partial charge in [-0.25, -0.2) is 17.2 Å². The maximum atomic E-state index is 15.4. The van der Waals surface area contributed by atoms with Crippen LogP contribution in [0.3, 0.4) is 0 Å². The highest BCUT2D eigenvalue weighted by Crippen LogP contribution is 2.40. The lowest BCUT2D eigenvalue weighted by molar-refractivity contribution is -0.120. The Kier molecular flexibility index (Phi) is 9.51. The summed E-state index contributed by atoms with van der Waals surface area (Å²) in [6, 6.07) is 9.73. The number of sulfonamides is 1. The highest BCUT2D eigenvalue weighted by atomic mass is 32.2. The van der Waals surface area contributed by atoms with Gasteiger partial charge in [-0.15, -0.1) is 0 Å². The van der Waals surface area contributed by atoms with E-state index in [-0.39, 0.29) is 48.2 Å². The van der Waals surface area contributed by atoms with Gasteiger partial charge >= 0.3 is 0 Å². The van der Waals surface area contributed by atoms with Crippen LogP contribution in [0, 0.1) is 17.6 Å². The molecule has 3 heterocycles. The van der Waals surface area contributed by atoms with Crippen molar-refractivity contribution in [2.75, 3.05) is 24.2 Å². The van der Waals surface area contributed by atoms with Crippen LogP contribution in [0.4, 0.5) is 14.5 Å². The van der Waals surface area contributed by atoms with Gasteiger partial charge in [-0.2, -0.15) is 4.31 Å². The number of amides is 1. The predicted molar refractivity (Wildman–Crippen MR) is 159 cm³/mol. The number of rotatable bonds is 9. The zero-order valence-electron chi connectivity index (χ0n) is 24.3. The van der Waals surface area contributed by atoms with Gasteiger partial charge in [0.05, 0.1) is 18.0 Å². The number of hydrogen-bond acceptors (Lipinski definition) is 6. The molecule has 42 heavy (non-hydrogen) atoms. The average molecular weight is 605 g/mol. The number of benzene rings is 2. The van der Waals surface area contributed by atoms with E-state index in [4.69, 9.17) is 10.5 Å². The Hall–Kier alpha value is -2.60. The normalized spacial score (nSPS) is 30.6. The quantitative estimate of drug-likeness (QED) is 0.400. The largest absolute Gasteiger partial charge is 0.376 e. The number of halogens is 2. The first-order chi connectivity index (χ1) is 20.0. The molecule has 0 aliphatic carbocycles. The second kappa shape index (κ2) is 13.0. The second-order valence-electron chi connectivity index (χ2n) is 12.2. The molecule has 8 nitrogen and oxygen atoms in total. The highest BCUT2D eigenvalue weighted by Gasteiger charge is 2.40.